The Kier molecular flexibility index (Phi) is 2830. The predicted molar refractivity (Wildman–Crippen MR) is 158 cm³/mol. The van der Waals surface area contributed by atoms with E-state index in [1.165, 1.54) is 0 Å². The molecule has 0 fully saturated rings. The minimum absolute atomic E-state index is 0. The zero-order valence-electron chi connectivity index (χ0n) is 81.3. The second-order valence-electron chi connectivity index (χ2n) is 7.36. The third kappa shape index (κ3) is 420. The summed E-state index contributed by atoms with van der Waals surface area (Å²) in [5, 5.41) is 5.26. The van der Waals surface area contributed by atoms with Crippen LogP contribution in [0.15, 0.2) is 34.3 Å². The zero-order valence-corrected chi connectivity index (χ0v) is 401. The molecule has 0 saturated heterocycles. The Morgan fingerprint density at radius 3 is 0.265 bits per heavy atom. The molecule has 0 saturated carbocycles. The maximum absolute atomic E-state index is 12.4. The van der Waals surface area contributed by atoms with E-state index in [0.29, 0.717) is 11.4 Å². The quantitative estimate of drug-likeness (QED) is 0.154. The number of nitrogens with zero attached hydrogens (tertiary/aromatic N) is 2. The third-order valence-corrected chi connectivity index (χ3v) is 8.86. The van der Waals surface area contributed by atoms with Gasteiger partial charge in [0, 0.05) is 3600 Å². The molecule has 0 spiro atoms. The van der Waals surface area contributed by atoms with E-state index in [0.717, 1.165) is 0 Å². The summed E-state index contributed by atoms with van der Waals surface area (Å²) in [7, 11) is 0. The van der Waals surface area contributed by atoms with Crippen LogP contribution >= 0.6 is 103 Å². The van der Waals surface area contributed by atoms with E-state index >= 15 is 0 Å². The average molecular weight is 10500 g/mol. The van der Waals surface area contributed by atoms with Crippen LogP contribution in [0.25, 0.3) is 0 Å². The van der Waals surface area contributed by atoms with Crippen LogP contribution in [0.5, 0.6) is 0 Å². The number of hydrogen-bond donors (Lipinski definition) is 2. The first-order valence-corrected chi connectivity index (χ1v) is 12.7. The molecule has 110 radical (unpaired) electrons. The van der Waals surface area contributed by atoms with Crippen molar-refractivity contribution in [2.45, 2.75) is 0 Å². The second-order valence-corrected chi connectivity index (χ2v) is 10.4. The Labute approximate surface area is 3700 Å². The molecule has 1 atom stereocenters. The van der Waals surface area contributed by atoms with Crippen LogP contribution in [-0.2, 0) is 3600 Å². The maximum Gasteiger partial charge on any atom is 0.259 e. The molecule has 125 heteroatoms. The van der Waals surface area contributed by atoms with Gasteiger partial charge in [-0.1, -0.05) is 92.8 Å². The molecule has 5 rings (SSSR count). The number of aliphatic imine (C=N–C) groups is 2. The number of amidine groups is 2. The van der Waals surface area contributed by atoms with Crippen molar-refractivity contribution < 1.29 is 3610 Å². The molecule has 3 aromatic rings. The summed E-state index contributed by atoms with van der Waals surface area (Å²) in [6.45, 7) is 0. The summed E-state index contributed by atoms with van der Waals surface area (Å²) < 4.78 is 0. The topological polar surface area (TPSA) is 82.9 Å². The van der Waals surface area contributed by atoms with Crippen LogP contribution in [0, 0.1) is 0 Å². The molecule has 147 heavy (non-hydrogen) atoms. The van der Waals surface area contributed by atoms with E-state index in [1.54, 1.807) is 24.3 Å². The number of carbonyl (C=O) groups is 2. The van der Waals surface area contributed by atoms with Crippen LogP contribution in [-0.4, -0.2) is 23.5 Å². The third-order valence-electron chi connectivity index (χ3n) is 5.26. The van der Waals surface area contributed by atoms with Gasteiger partial charge in [0.15, 0.2) is 0 Å². The van der Waals surface area contributed by atoms with Crippen molar-refractivity contribution in [1.29, 1.82) is 0 Å². The molecular formula is C22H9Cl8N4O2PY110. The van der Waals surface area contributed by atoms with Gasteiger partial charge >= 0.3 is 0 Å². The number of benzene rings is 3. The summed E-state index contributed by atoms with van der Waals surface area (Å²) in [4.78, 5) is 33.8. The summed E-state index contributed by atoms with van der Waals surface area (Å²) >= 11 is 49.5. The number of amides is 2. The molecule has 1 unspecified atom stereocenters. The summed E-state index contributed by atoms with van der Waals surface area (Å²) in [5.74, 6) is -0.710. The maximum atomic E-state index is 12.4. The van der Waals surface area contributed by atoms with Crippen molar-refractivity contribution in [3.63, 3.8) is 0 Å². The first kappa shape index (κ1) is 738. The fourth-order valence-corrected chi connectivity index (χ4v) is 5.68. The van der Waals surface area contributed by atoms with Gasteiger partial charge < -0.3 is 10.6 Å². The molecule has 2 amide bonds. The number of nitrogens with one attached hydrogen (secondary N) is 2. The van der Waals surface area contributed by atoms with Gasteiger partial charge in [-0.25, -0.2) is 9.98 Å². The van der Waals surface area contributed by atoms with Crippen LogP contribution in [0.1, 0.15) is 31.8 Å². The van der Waals surface area contributed by atoms with Crippen molar-refractivity contribution in [3.8, 4) is 0 Å². The molecule has 0 aliphatic carbocycles. The summed E-state index contributed by atoms with van der Waals surface area (Å²) in [6.07, 6.45) is 0. The van der Waals surface area contributed by atoms with E-state index in [4.69, 9.17) is 92.8 Å². The number of carbonyl (C=O) groups excluding carboxylic acids is 2. The second kappa shape index (κ2) is 564. The van der Waals surface area contributed by atoms with E-state index in [9.17, 15) is 9.59 Å². The van der Waals surface area contributed by atoms with Crippen LogP contribution < -0.4 is 10.6 Å². The minimum Gasteiger partial charge on any atom is -0.306 e. The van der Waals surface area contributed by atoms with Crippen molar-refractivity contribution in [1.82, 2.24) is 10.6 Å². The largest absolute Gasteiger partial charge is 0.306 e. The van der Waals surface area contributed by atoms with Gasteiger partial charge in [-0.2, -0.15) is 9.90 Å². The zero-order chi connectivity index (χ0) is 26.0. The molecule has 2 aliphatic rings. The Morgan fingerprint density at radius 2 is 0.190 bits per heavy atom. The molecule has 3 aromatic carbocycles. The molecule has 2 N–H and O–H groups in total. The predicted octanol–water partition coefficient (Wildman–Crippen LogP) is 8.34. The Balaban J connectivity index is -0.00000000137. The first-order chi connectivity index (χ1) is 17.0. The SMILES string of the molecule is O=C1NC(=Nc2ccc(N=C3NC(=O)c4c(Cl)c(Cl)c(Cl)c(Cl)c43)cc2)c2c(Cl)c(Cl)c(Cl)c(Cl)c21.P.[Y].[Y].[Y].[Y].[Y].[Y].[Y].[Y].[Y].[Y].[Y].[Y].[Y].[Y].[Y].[Y].[Y].[Y].[Y].[Y].[Y].[Y].[Y].[Y].[Y].[Y].[Y].[Y].[Y].[Y].[Y].[Y].[Y].[Y].[Y].[Y].[Y].[Y].[Y].[Y].[Y].[Y].[Y].[Y].[Y].[Y].[Y].[Y].[Y].[Y].[Y].[Y].[Y].[Y].[Y].[Y].[Y].[Y].[Y].[Y].[Y].[Y].[Y].[Y].[Y].[Y].[Y].[Y].[Y].[Y].[Y].[Y].[Y].[Y].[Y].[Y].[Y].[Y].[Y].[Y].[Y].[Y].[Y].[Y].[Y].[Y].[Y].[Y].[Y].[Y].[Y].[Y].[Y].[Y].[Y].[Y].[Y].[Y].[Y].[Y].[Y].[Y].[Y].[Y].[Y].[Y].[Y].[Y].[Y].[Y]. The van der Waals surface area contributed by atoms with E-state index < -0.39 is 11.8 Å². The van der Waals surface area contributed by atoms with Gasteiger partial charge in [-0.3, -0.25) is 9.59 Å². The Morgan fingerprint density at radius 1 is 0.122 bits per heavy atom. The molecule has 0 aromatic heterocycles. The molecule has 0 bridgehead atoms. The average Bonchev–Trinajstić information content (AvgIpc) is 3.35. The van der Waals surface area contributed by atoms with Crippen molar-refractivity contribution in [2.24, 2.45) is 9.98 Å². The van der Waals surface area contributed by atoms with Gasteiger partial charge in [0.05, 0.1) is 73.8 Å². The van der Waals surface area contributed by atoms with Gasteiger partial charge in [0.1, 0.15) is 11.7 Å². The van der Waals surface area contributed by atoms with Crippen molar-refractivity contribution in [2.75, 3.05) is 0 Å². The van der Waals surface area contributed by atoms with E-state index in [1.807, 2.05) is 0 Å². The van der Waals surface area contributed by atoms with E-state index in [2.05, 4.69) is 20.6 Å². The molecule has 520 valence electrons. The fraction of sp³-hybridized carbons (Fsp3) is 0. The van der Waals surface area contributed by atoms with Gasteiger partial charge in [0.25, 0.3) is 11.8 Å². The molecular weight excluding hydrogens is 10400 g/mol. The van der Waals surface area contributed by atoms with Gasteiger partial charge in [-0.05, 0) is 24.3 Å². The summed E-state index contributed by atoms with van der Waals surface area (Å²) in [6, 6.07) is 6.52. The van der Waals surface area contributed by atoms with Crippen LogP contribution in [0.3, 0.4) is 0 Å². The minimum atomic E-state index is -0.512. The standard InChI is InChI=1S/C22H6Cl8N4O2.H3P.110Y/c23-11-7-9(13(25)17(29)15(11)27)21(35)33-19(7)31-5-1-2-6(4-3-5)32-20-8-10(22(36)34-20)14(26)18(30)16(28)12(8)24;;;;;;;;;;;;;;;;;;;;;;;;;;;;;;;;;;;;;;;;;;;;;;;;;;;;;;;;;;;;;;;;;;;;;;;;;;;;;;;;;;;;;;;;;;;;;;;;;;;;;;;;;;;;;;;/h1-4H,(H,31,33,35)(H,32,34,36);1H3;;;;;;;;;;;;;;;;;;;;;;;;;;;;;;;;;;;;;;;;;;;;;;;;;;;;;;;;;;;;;;;;;;;;;;;;;;;;;;;;;;;;;;;;;;;;;;;;;;;;;;;;;;;;;;. The van der Waals surface area contributed by atoms with E-state index in [-0.39, 0.29) is 3680 Å². The van der Waals surface area contributed by atoms with Crippen molar-refractivity contribution in [3.05, 3.63) is 86.7 Å². The number of halogens is 8. The van der Waals surface area contributed by atoms with Gasteiger partial charge in [-0.15, -0.1) is 0 Å². The Hall–Kier alpha value is 120. The first-order valence-electron chi connectivity index (χ1n) is 9.64. The van der Waals surface area contributed by atoms with Crippen LogP contribution in [0.4, 0.5) is 11.4 Å². The molecule has 2 aliphatic heterocycles. The Bertz CT molecular complexity index is 1610. The van der Waals surface area contributed by atoms with Crippen molar-refractivity contribution >= 4 is 138 Å². The normalized spacial score (nSPS) is 4.03. The number of hydrogen-bond acceptors (Lipinski definition) is 4. The number of fused-ring (bicyclic) bond motifs is 2. The number of rotatable bonds is 2. The molecule has 6 nitrogen and oxygen atoms in total. The van der Waals surface area contributed by atoms with Gasteiger partial charge in [0.2, 0.25) is 0 Å². The summed E-state index contributed by atoms with van der Waals surface area (Å²) in [5.41, 5.74) is 1.57. The smallest absolute Gasteiger partial charge is 0.259 e. The monoisotopic (exact) mass is 10500 g/mol. The fourth-order valence-electron chi connectivity index (χ4n) is 3.63. The van der Waals surface area contributed by atoms with Crippen LogP contribution in [0.2, 0.25) is 40.2 Å². The molecule has 2 heterocycles.